The molecule has 0 spiro atoms. The normalized spacial score (nSPS) is 18.5. The monoisotopic (exact) mass is 444 g/mol. The zero-order chi connectivity index (χ0) is 22.8. The van der Waals surface area contributed by atoms with Gasteiger partial charge in [-0.3, -0.25) is 9.59 Å². The lowest BCUT2D eigenvalue weighted by atomic mass is 10.1. The summed E-state index contributed by atoms with van der Waals surface area (Å²) in [6.45, 7) is 0.531. The summed E-state index contributed by atoms with van der Waals surface area (Å²) in [5.74, 6) is -1.87. The van der Waals surface area contributed by atoms with Gasteiger partial charge in [0.2, 0.25) is 5.43 Å². The molecule has 4 rings (SSSR count). The Balaban J connectivity index is 1.79. The zero-order valence-corrected chi connectivity index (χ0v) is 17.3. The van der Waals surface area contributed by atoms with E-state index in [2.05, 4.69) is 5.32 Å². The first-order valence-corrected chi connectivity index (χ1v) is 10.1. The molecule has 1 aromatic heterocycles. The van der Waals surface area contributed by atoms with E-state index in [1.165, 1.54) is 17.9 Å². The Morgan fingerprint density at radius 2 is 1.94 bits per heavy atom. The van der Waals surface area contributed by atoms with E-state index < -0.39 is 40.5 Å². The van der Waals surface area contributed by atoms with Gasteiger partial charge in [0.1, 0.15) is 22.9 Å². The van der Waals surface area contributed by atoms with Crippen LogP contribution in [0.25, 0.3) is 10.9 Å². The highest BCUT2D eigenvalue weighted by atomic mass is 19.1. The molecule has 1 fully saturated rings. The number of aliphatic hydroxyl groups is 1. The van der Waals surface area contributed by atoms with E-state index in [4.69, 9.17) is 9.47 Å². The average Bonchev–Trinajstić information content (AvgIpc) is 2.79. The Kier molecular flexibility index (Phi) is 6.20. The van der Waals surface area contributed by atoms with Crippen molar-refractivity contribution in [2.75, 3.05) is 20.3 Å². The first kappa shape index (κ1) is 21.9. The molecule has 168 valence electrons. The number of nitrogens with one attached hydrogen (secondary N) is 1. The first-order chi connectivity index (χ1) is 15.4. The minimum atomic E-state index is -0.925. The van der Waals surface area contributed by atoms with Crippen LogP contribution in [0, 0.1) is 11.6 Å². The summed E-state index contributed by atoms with van der Waals surface area (Å²) in [4.78, 5) is 25.8. The minimum Gasteiger partial charge on any atom is -0.497 e. The summed E-state index contributed by atoms with van der Waals surface area (Å²) in [5, 5.41) is 12.1. The molecule has 0 bridgehead atoms. The Hall–Kier alpha value is -3.30. The molecule has 0 unspecified atom stereocenters. The van der Waals surface area contributed by atoms with Crippen LogP contribution in [0.3, 0.4) is 0 Å². The van der Waals surface area contributed by atoms with Crippen LogP contribution in [0.2, 0.25) is 0 Å². The quantitative estimate of drug-likeness (QED) is 0.630. The Morgan fingerprint density at radius 3 is 2.62 bits per heavy atom. The van der Waals surface area contributed by atoms with E-state index in [9.17, 15) is 23.5 Å². The van der Waals surface area contributed by atoms with Gasteiger partial charge in [0.25, 0.3) is 5.91 Å². The number of aromatic nitrogens is 1. The molecular weight excluding hydrogens is 422 g/mol. The Labute approximate surface area is 182 Å². The number of methoxy groups -OCH3 is 1. The third kappa shape index (κ3) is 4.21. The van der Waals surface area contributed by atoms with E-state index in [0.29, 0.717) is 18.8 Å². The predicted molar refractivity (Wildman–Crippen MR) is 113 cm³/mol. The van der Waals surface area contributed by atoms with E-state index in [-0.39, 0.29) is 24.2 Å². The van der Waals surface area contributed by atoms with Gasteiger partial charge >= 0.3 is 0 Å². The van der Waals surface area contributed by atoms with Crippen LogP contribution in [0.1, 0.15) is 22.3 Å². The van der Waals surface area contributed by atoms with E-state index in [1.54, 1.807) is 24.3 Å². The topological polar surface area (TPSA) is 89.8 Å². The van der Waals surface area contributed by atoms with Crippen molar-refractivity contribution in [3.05, 3.63) is 75.6 Å². The number of hydrogen-bond donors (Lipinski definition) is 2. The number of halogens is 2. The van der Waals surface area contributed by atoms with Crippen LogP contribution in [0.4, 0.5) is 8.78 Å². The van der Waals surface area contributed by atoms with Crippen LogP contribution in [-0.4, -0.2) is 48.1 Å². The van der Waals surface area contributed by atoms with Crippen molar-refractivity contribution < 1.29 is 28.2 Å². The van der Waals surface area contributed by atoms with E-state index >= 15 is 0 Å². The number of carbonyl (C=O) groups excluding carboxylic acids is 1. The van der Waals surface area contributed by atoms with E-state index in [1.807, 2.05) is 0 Å². The highest BCUT2D eigenvalue weighted by molar-refractivity contribution is 5.97. The smallest absolute Gasteiger partial charge is 0.257 e. The maximum absolute atomic E-state index is 14.7. The molecule has 2 heterocycles. The standard InChI is InChI=1S/C23H22F2N2O5/c1-31-14-4-2-13(3-5-14)10-27-11-15(23(30)26-18-12-32-9-8-19(18)28)22(29)20-16(24)6-7-17(25)21(20)27/h2-7,11,18-19,28H,8-10,12H2,1H3,(H,26,30)/t18-,19-/m0/s1. The van der Waals surface area contributed by atoms with Crippen molar-refractivity contribution in [2.45, 2.75) is 25.1 Å². The number of rotatable bonds is 5. The number of fused-ring (bicyclic) bond motifs is 1. The Morgan fingerprint density at radius 1 is 1.22 bits per heavy atom. The van der Waals surface area contributed by atoms with E-state index in [0.717, 1.165) is 17.7 Å². The maximum atomic E-state index is 14.7. The molecular formula is C23H22F2N2O5. The fourth-order valence-corrected chi connectivity index (χ4v) is 3.78. The molecule has 1 amide bonds. The largest absolute Gasteiger partial charge is 0.497 e. The zero-order valence-electron chi connectivity index (χ0n) is 17.3. The molecule has 0 radical (unpaired) electrons. The van der Waals surface area contributed by atoms with Gasteiger partial charge in [0, 0.05) is 19.3 Å². The first-order valence-electron chi connectivity index (χ1n) is 10.1. The van der Waals surface area contributed by atoms with Gasteiger partial charge in [0.05, 0.1) is 36.8 Å². The van der Waals surface area contributed by atoms with Gasteiger partial charge in [-0.2, -0.15) is 0 Å². The van der Waals surface area contributed by atoms with Crippen molar-refractivity contribution in [3.8, 4) is 5.75 Å². The van der Waals surface area contributed by atoms with Gasteiger partial charge in [-0.15, -0.1) is 0 Å². The van der Waals surface area contributed by atoms with Crippen molar-refractivity contribution >= 4 is 16.8 Å². The minimum absolute atomic E-state index is 0.0800. The number of benzene rings is 2. The van der Waals surface area contributed by atoms with Crippen molar-refractivity contribution in [3.63, 3.8) is 0 Å². The SMILES string of the molecule is COc1ccc(Cn2cc(C(=O)N[C@H]3COCC[C@@H]3O)c(=O)c3c(F)ccc(F)c32)cc1. The van der Waals surface area contributed by atoms with Crippen molar-refractivity contribution in [2.24, 2.45) is 0 Å². The summed E-state index contributed by atoms with van der Waals surface area (Å²) < 4.78 is 41.0. The summed E-state index contributed by atoms with van der Waals surface area (Å²) in [7, 11) is 1.53. The lowest BCUT2D eigenvalue weighted by Crippen LogP contribution is -2.50. The molecule has 0 aliphatic carbocycles. The third-order valence-electron chi connectivity index (χ3n) is 5.51. The fourth-order valence-electron chi connectivity index (χ4n) is 3.78. The van der Waals surface area contributed by atoms with Crippen molar-refractivity contribution in [1.29, 1.82) is 0 Å². The molecule has 3 aromatic rings. The molecule has 7 nitrogen and oxygen atoms in total. The molecule has 32 heavy (non-hydrogen) atoms. The molecule has 2 atom stereocenters. The molecule has 1 aliphatic heterocycles. The summed E-state index contributed by atoms with van der Waals surface area (Å²) in [6, 6.07) is 8.02. The van der Waals surface area contributed by atoms with Crippen molar-refractivity contribution in [1.82, 2.24) is 9.88 Å². The van der Waals surface area contributed by atoms with Crippen LogP contribution >= 0.6 is 0 Å². The highest BCUT2D eigenvalue weighted by Gasteiger charge is 2.28. The van der Waals surface area contributed by atoms with Gasteiger partial charge in [-0.05, 0) is 36.2 Å². The third-order valence-corrected chi connectivity index (χ3v) is 5.51. The number of amides is 1. The highest BCUT2D eigenvalue weighted by Crippen LogP contribution is 2.22. The molecule has 0 saturated carbocycles. The summed E-state index contributed by atoms with van der Waals surface area (Å²) in [5.41, 5.74) is -0.787. The van der Waals surface area contributed by atoms with Gasteiger partial charge < -0.3 is 24.5 Å². The van der Waals surface area contributed by atoms with Crippen LogP contribution in [-0.2, 0) is 11.3 Å². The second-order valence-electron chi connectivity index (χ2n) is 7.61. The number of hydrogen-bond acceptors (Lipinski definition) is 5. The number of pyridine rings is 1. The number of nitrogens with zero attached hydrogens (tertiary/aromatic N) is 1. The molecule has 2 N–H and O–H groups in total. The molecule has 9 heteroatoms. The van der Waals surface area contributed by atoms with Gasteiger partial charge in [0.15, 0.2) is 0 Å². The average molecular weight is 444 g/mol. The summed E-state index contributed by atoms with van der Waals surface area (Å²) >= 11 is 0. The second-order valence-corrected chi connectivity index (χ2v) is 7.61. The maximum Gasteiger partial charge on any atom is 0.257 e. The van der Waals surface area contributed by atoms with Crippen LogP contribution < -0.4 is 15.5 Å². The Bertz CT molecular complexity index is 1210. The lowest BCUT2D eigenvalue weighted by molar-refractivity contribution is -0.0140. The predicted octanol–water partition coefficient (Wildman–Crippen LogP) is 2.22. The van der Waals surface area contributed by atoms with Gasteiger partial charge in [-0.25, -0.2) is 8.78 Å². The number of aliphatic hydroxyl groups excluding tert-OH is 1. The molecule has 1 aliphatic rings. The fraction of sp³-hybridized carbons (Fsp3) is 0.304. The molecule has 1 saturated heterocycles. The van der Waals surface area contributed by atoms with Crippen LogP contribution in [0.15, 0.2) is 47.4 Å². The van der Waals surface area contributed by atoms with Crippen LogP contribution in [0.5, 0.6) is 5.75 Å². The summed E-state index contributed by atoms with van der Waals surface area (Å²) in [6.07, 6.45) is 0.719. The molecule has 2 aromatic carbocycles. The number of ether oxygens (including phenoxy) is 2. The van der Waals surface area contributed by atoms with Gasteiger partial charge in [-0.1, -0.05) is 12.1 Å². The lowest BCUT2D eigenvalue weighted by Gasteiger charge is -2.28. The second kappa shape index (κ2) is 9.05. The number of carbonyl (C=O) groups is 1.